The Hall–Kier alpha value is -1.83. The van der Waals surface area contributed by atoms with Crippen molar-refractivity contribution >= 4 is 34.2 Å². The van der Waals surface area contributed by atoms with E-state index in [4.69, 9.17) is 16.2 Å². The fourth-order valence-corrected chi connectivity index (χ4v) is 1.85. The minimum Gasteiger partial charge on any atom is -0.454 e. The number of nitrogens with two attached hydrogens (primary N) is 2. The fraction of sp³-hybridized carbons (Fsp3) is 0. The van der Waals surface area contributed by atoms with E-state index in [1.165, 1.54) is 6.07 Å². The van der Waals surface area contributed by atoms with Crippen LogP contribution in [0.5, 0.6) is 11.5 Å². The van der Waals surface area contributed by atoms with Crippen LogP contribution in [0.2, 0.25) is 0 Å². The zero-order chi connectivity index (χ0) is 14.0. The van der Waals surface area contributed by atoms with E-state index in [0.29, 0.717) is 5.75 Å². The molecule has 6 heteroatoms. The van der Waals surface area contributed by atoms with Gasteiger partial charge < -0.3 is 16.2 Å². The van der Waals surface area contributed by atoms with E-state index in [9.17, 15) is 9.18 Å². The zero-order valence-corrected chi connectivity index (χ0v) is 11.8. The first kappa shape index (κ1) is 13.6. The third-order valence-corrected chi connectivity index (χ3v) is 3.13. The van der Waals surface area contributed by atoms with Crippen LogP contribution in [0.4, 0.5) is 10.1 Å². The van der Waals surface area contributed by atoms with Crippen molar-refractivity contribution < 1.29 is 13.9 Å². The van der Waals surface area contributed by atoms with Crippen molar-refractivity contribution in [3.8, 4) is 11.5 Å². The summed E-state index contributed by atoms with van der Waals surface area (Å²) >= 11 is 2.15. The zero-order valence-electron chi connectivity index (χ0n) is 9.69. The van der Waals surface area contributed by atoms with Crippen molar-refractivity contribution in [1.29, 1.82) is 0 Å². The Kier molecular flexibility index (Phi) is 3.89. The number of nitrogen functional groups attached to an aromatic ring is 1. The number of rotatable bonds is 3. The van der Waals surface area contributed by atoms with Crippen LogP contribution in [-0.4, -0.2) is 5.91 Å². The number of halogens is 2. The van der Waals surface area contributed by atoms with Crippen LogP contribution in [0.3, 0.4) is 0 Å². The van der Waals surface area contributed by atoms with E-state index in [-0.39, 0.29) is 17.0 Å². The van der Waals surface area contributed by atoms with Gasteiger partial charge in [0.25, 0.3) is 5.91 Å². The third kappa shape index (κ3) is 3.14. The van der Waals surface area contributed by atoms with E-state index >= 15 is 0 Å². The molecule has 98 valence electrons. The Labute approximate surface area is 122 Å². The van der Waals surface area contributed by atoms with Gasteiger partial charge in [-0.1, -0.05) is 0 Å². The van der Waals surface area contributed by atoms with Gasteiger partial charge in [0, 0.05) is 15.3 Å². The Bertz CT molecular complexity index is 629. The van der Waals surface area contributed by atoms with Gasteiger partial charge in [-0.3, -0.25) is 4.79 Å². The number of amides is 1. The number of anilines is 1. The number of hydrogen-bond acceptors (Lipinski definition) is 3. The number of benzene rings is 2. The van der Waals surface area contributed by atoms with Crippen molar-refractivity contribution in [3.05, 3.63) is 51.3 Å². The summed E-state index contributed by atoms with van der Waals surface area (Å²) in [6.45, 7) is 0. The van der Waals surface area contributed by atoms with Crippen molar-refractivity contribution in [3.63, 3.8) is 0 Å². The Balaban J connectivity index is 2.37. The quantitative estimate of drug-likeness (QED) is 0.643. The minimum atomic E-state index is -0.732. The standard InChI is InChI=1S/C13H10FIN2O2/c14-10-6-11(16)9(13(17)18)5-12(10)19-8-3-1-7(15)2-4-8/h1-6H,16H2,(H2,17,18). The molecule has 0 aliphatic carbocycles. The van der Waals surface area contributed by atoms with Crippen LogP contribution in [0, 0.1) is 9.39 Å². The predicted molar refractivity (Wildman–Crippen MR) is 78.6 cm³/mol. The Morgan fingerprint density at radius 3 is 2.42 bits per heavy atom. The summed E-state index contributed by atoms with van der Waals surface area (Å²) in [5, 5.41) is 0. The van der Waals surface area contributed by atoms with Crippen molar-refractivity contribution in [1.82, 2.24) is 0 Å². The molecule has 0 aliphatic heterocycles. The van der Waals surface area contributed by atoms with E-state index in [1.807, 2.05) is 12.1 Å². The van der Waals surface area contributed by atoms with Crippen LogP contribution in [0.1, 0.15) is 10.4 Å². The number of carbonyl (C=O) groups excluding carboxylic acids is 1. The number of carbonyl (C=O) groups is 1. The summed E-state index contributed by atoms with van der Waals surface area (Å²) in [6, 6.07) is 9.25. The maximum absolute atomic E-state index is 13.7. The lowest BCUT2D eigenvalue weighted by Gasteiger charge is -2.09. The van der Waals surface area contributed by atoms with E-state index in [2.05, 4.69) is 22.6 Å². The molecule has 19 heavy (non-hydrogen) atoms. The summed E-state index contributed by atoms with van der Waals surface area (Å²) in [5.74, 6) is -1.02. The molecule has 0 heterocycles. The monoisotopic (exact) mass is 372 g/mol. The second-order valence-corrected chi connectivity index (χ2v) is 5.04. The lowest BCUT2D eigenvalue weighted by molar-refractivity contribution is 0.100. The highest BCUT2D eigenvalue weighted by Gasteiger charge is 2.13. The van der Waals surface area contributed by atoms with Gasteiger partial charge in [0.1, 0.15) is 5.75 Å². The summed E-state index contributed by atoms with van der Waals surface area (Å²) in [4.78, 5) is 11.1. The molecule has 4 N–H and O–H groups in total. The van der Waals surface area contributed by atoms with Gasteiger partial charge in [0.05, 0.1) is 5.56 Å². The highest BCUT2D eigenvalue weighted by molar-refractivity contribution is 14.1. The number of ether oxygens (including phenoxy) is 1. The molecular weight excluding hydrogens is 362 g/mol. The number of hydrogen-bond donors (Lipinski definition) is 2. The molecule has 0 radical (unpaired) electrons. The van der Waals surface area contributed by atoms with Crippen molar-refractivity contribution in [2.45, 2.75) is 0 Å². The van der Waals surface area contributed by atoms with Gasteiger partial charge >= 0.3 is 0 Å². The highest BCUT2D eigenvalue weighted by Crippen LogP contribution is 2.28. The molecule has 0 aliphatic rings. The van der Waals surface area contributed by atoms with Gasteiger partial charge in [-0.15, -0.1) is 0 Å². The first-order valence-electron chi connectivity index (χ1n) is 5.29. The normalized spacial score (nSPS) is 10.2. The summed E-state index contributed by atoms with van der Waals surface area (Å²) in [5.41, 5.74) is 10.7. The van der Waals surface area contributed by atoms with Crippen LogP contribution in [0.15, 0.2) is 36.4 Å². The summed E-state index contributed by atoms with van der Waals surface area (Å²) < 4.78 is 20.1. The molecule has 0 atom stereocenters. The molecule has 0 spiro atoms. The third-order valence-electron chi connectivity index (χ3n) is 2.41. The average molecular weight is 372 g/mol. The summed E-state index contributed by atoms with van der Waals surface area (Å²) in [6.07, 6.45) is 0. The molecular formula is C13H10FIN2O2. The lowest BCUT2D eigenvalue weighted by atomic mass is 10.1. The molecule has 2 aromatic carbocycles. The van der Waals surface area contributed by atoms with Gasteiger partial charge in [-0.05, 0) is 52.9 Å². The first-order chi connectivity index (χ1) is 8.97. The predicted octanol–water partition coefficient (Wildman–Crippen LogP) is 2.90. The van der Waals surface area contributed by atoms with E-state index in [0.717, 1.165) is 9.64 Å². The second kappa shape index (κ2) is 5.43. The molecule has 0 bridgehead atoms. The Morgan fingerprint density at radius 1 is 1.21 bits per heavy atom. The van der Waals surface area contributed by atoms with Crippen LogP contribution in [0.25, 0.3) is 0 Å². The average Bonchev–Trinajstić information content (AvgIpc) is 2.34. The molecule has 1 amide bonds. The molecule has 2 aromatic rings. The first-order valence-corrected chi connectivity index (χ1v) is 6.37. The Morgan fingerprint density at radius 2 is 1.84 bits per heavy atom. The molecule has 4 nitrogen and oxygen atoms in total. The maximum atomic E-state index is 13.7. The van der Waals surface area contributed by atoms with E-state index < -0.39 is 11.7 Å². The molecule has 0 saturated heterocycles. The van der Waals surface area contributed by atoms with Gasteiger partial charge in [0.15, 0.2) is 11.6 Å². The summed E-state index contributed by atoms with van der Waals surface area (Å²) in [7, 11) is 0. The topological polar surface area (TPSA) is 78.3 Å². The van der Waals surface area contributed by atoms with E-state index in [1.54, 1.807) is 12.1 Å². The molecule has 0 unspecified atom stereocenters. The van der Waals surface area contributed by atoms with Crippen LogP contribution >= 0.6 is 22.6 Å². The van der Waals surface area contributed by atoms with Gasteiger partial charge in [0.2, 0.25) is 0 Å². The maximum Gasteiger partial charge on any atom is 0.250 e. The number of primary amides is 1. The largest absolute Gasteiger partial charge is 0.454 e. The van der Waals surface area contributed by atoms with Crippen molar-refractivity contribution in [2.24, 2.45) is 5.73 Å². The van der Waals surface area contributed by atoms with Gasteiger partial charge in [-0.25, -0.2) is 4.39 Å². The van der Waals surface area contributed by atoms with Gasteiger partial charge in [-0.2, -0.15) is 0 Å². The highest BCUT2D eigenvalue weighted by atomic mass is 127. The smallest absolute Gasteiger partial charge is 0.250 e. The van der Waals surface area contributed by atoms with Crippen LogP contribution in [-0.2, 0) is 0 Å². The van der Waals surface area contributed by atoms with Crippen LogP contribution < -0.4 is 16.2 Å². The molecule has 0 fully saturated rings. The van der Waals surface area contributed by atoms with Crippen molar-refractivity contribution in [2.75, 3.05) is 5.73 Å². The molecule has 0 aromatic heterocycles. The molecule has 2 rings (SSSR count). The SMILES string of the molecule is NC(=O)c1cc(Oc2ccc(I)cc2)c(F)cc1N. The second-order valence-electron chi connectivity index (χ2n) is 3.79. The minimum absolute atomic E-state index is 0.0139. The molecule has 0 saturated carbocycles. The lowest BCUT2D eigenvalue weighted by Crippen LogP contribution is -2.14. The fourth-order valence-electron chi connectivity index (χ4n) is 1.49.